The van der Waals surface area contributed by atoms with Crippen LogP contribution < -0.4 is 20.9 Å². The zero-order valence-electron chi connectivity index (χ0n) is 32.0. The van der Waals surface area contributed by atoms with Crippen molar-refractivity contribution >= 4 is 22.1 Å². The van der Waals surface area contributed by atoms with Gasteiger partial charge in [-0.2, -0.15) is 0 Å². The van der Waals surface area contributed by atoms with E-state index < -0.39 is 0 Å². The SMILES string of the molecule is Nc1ccc(Oc2cc(C#Cc3ccccc3)c3c(C#Cc4ccccc4)c(Oc4ccc(N)c(O)c4)cc(C#Cc4ccccc4)c3c2C#Cc2ccccc2)cc1O. The number of hydrogen-bond acceptors (Lipinski definition) is 6. The lowest BCUT2D eigenvalue weighted by Crippen LogP contribution is -2.00. The maximum Gasteiger partial charge on any atom is 0.145 e. The minimum atomic E-state index is -0.127. The Morgan fingerprint density at radius 3 is 0.983 bits per heavy atom. The molecule has 6 heteroatoms. The molecule has 6 N–H and O–H groups in total. The van der Waals surface area contributed by atoms with E-state index in [2.05, 4.69) is 47.4 Å². The van der Waals surface area contributed by atoms with Crippen molar-refractivity contribution in [2.75, 3.05) is 11.5 Å². The van der Waals surface area contributed by atoms with Crippen LogP contribution in [0.15, 0.2) is 170 Å². The van der Waals surface area contributed by atoms with Crippen LogP contribution in [0.3, 0.4) is 0 Å². The quantitative estimate of drug-likeness (QED) is 0.0805. The summed E-state index contributed by atoms with van der Waals surface area (Å²) in [5.41, 5.74) is 17.6. The molecule has 60 heavy (non-hydrogen) atoms. The molecule has 0 saturated carbocycles. The molecule has 0 aromatic heterocycles. The summed E-state index contributed by atoms with van der Waals surface area (Å²) in [6, 6.07) is 51.6. The Morgan fingerprint density at radius 1 is 0.350 bits per heavy atom. The zero-order valence-corrected chi connectivity index (χ0v) is 32.0. The van der Waals surface area contributed by atoms with Crippen molar-refractivity contribution in [3.8, 4) is 81.9 Å². The second-order valence-corrected chi connectivity index (χ2v) is 13.5. The first-order chi connectivity index (χ1) is 29.4. The summed E-state index contributed by atoms with van der Waals surface area (Å²) >= 11 is 0. The Hall–Kier alpha value is -8.94. The Labute approximate surface area is 348 Å². The fourth-order valence-corrected chi connectivity index (χ4v) is 6.25. The summed E-state index contributed by atoms with van der Waals surface area (Å²) in [6.45, 7) is 0. The van der Waals surface area contributed by atoms with Gasteiger partial charge in [0, 0.05) is 56.3 Å². The highest BCUT2D eigenvalue weighted by Crippen LogP contribution is 2.43. The molecular weight excluding hydrogens is 741 g/mol. The van der Waals surface area contributed by atoms with Crippen molar-refractivity contribution in [3.05, 3.63) is 214 Å². The molecule has 0 aliphatic rings. The molecule has 8 aromatic rings. The molecule has 8 aromatic carbocycles. The monoisotopic (exact) mass is 774 g/mol. The number of fused-ring (bicyclic) bond motifs is 1. The standard InChI is InChI=1S/C54H34N2O4/c55-47-31-27-43(35-49(47)57)59-51-33-41(25-21-37-13-5-1-6-14-37)53-45(29-23-39-17-9-3-10-18-39)52(60-44-28-32-48(56)50(58)36-44)34-42(26-22-38-15-7-2-8-16-38)54(53)46(51)30-24-40-19-11-4-12-20-40/h1-20,27-28,31-36,57-58H,55-56H2. The number of benzene rings is 8. The van der Waals surface area contributed by atoms with Gasteiger partial charge >= 0.3 is 0 Å². The third-order valence-electron chi connectivity index (χ3n) is 9.23. The number of anilines is 2. The van der Waals surface area contributed by atoms with Gasteiger partial charge in [0.25, 0.3) is 0 Å². The van der Waals surface area contributed by atoms with Crippen LogP contribution in [0, 0.1) is 47.4 Å². The zero-order chi connectivity index (χ0) is 41.3. The number of nitrogens with two attached hydrogens (primary N) is 2. The normalized spacial score (nSPS) is 10.1. The van der Waals surface area contributed by atoms with Gasteiger partial charge in [0.15, 0.2) is 0 Å². The maximum atomic E-state index is 10.6. The second kappa shape index (κ2) is 17.5. The molecule has 0 fully saturated rings. The smallest absolute Gasteiger partial charge is 0.145 e. The number of hydrogen-bond donors (Lipinski definition) is 4. The van der Waals surface area contributed by atoms with Crippen molar-refractivity contribution in [1.29, 1.82) is 0 Å². The van der Waals surface area contributed by atoms with E-state index >= 15 is 0 Å². The van der Waals surface area contributed by atoms with Crippen molar-refractivity contribution in [1.82, 2.24) is 0 Å². The summed E-state index contributed by atoms with van der Waals surface area (Å²) in [7, 11) is 0. The number of ether oxygens (including phenoxy) is 2. The van der Waals surface area contributed by atoms with Crippen molar-refractivity contribution < 1.29 is 19.7 Å². The summed E-state index contributed by atoms with van der Waals surface area (Å²) in [6.07, 6.45) is 0. The van der Waals surface area contributed by atoms with Gasteiger partial charge in [-0.15, -0.1) is 0 Å². The summed E-state index contributed by atoms with van der Waals surface area (Å²) in [5, 5.41) is 22.4. The highest BCUT2D eigenvalue weighted by molar-refractivity contribution is 6.04. The van der Waals surface area contributed by atoms with Gasteiger partial charge in [0.1, 0.15) is 34.5 Å². The highest BCUT2D eigenvalue weighted by atomic mass is 16.5. The van der Waals surface area contributed by atoms with Crippen LogP contribution in [0.4, 0.5) is 11.4 Å². The number of nitrogen functional groups attached to an aromatic ring is 2. The molecule has 0 bridgehead atoms. The predicted molar refractivity (Wildman–Crippen MR) is 239 cm³/mol. The summed E-state index contributed by atoms with van der Waals surface area (Å²) in [4.78, 5) is 0. The molecule has 0 aliphatic heterocycles. The van der Waals surface area contributed by atoms with Crippen LogP contribution in [0.2, 0.25) is 0 Å². The van der Waals surface area contributed by atoms with E-state index in [0.29, 0.717) is 56.0 Å². The van der Waals surface area contributed by atoms with E-state index in [1.165, 1.54) is 12.1 Å². The van der Waals surface area contributed by atoms with Crippen LogP contribution in [0.25, 0.3) is 10.8 Å². The predicted octanol–water partition coefficient (Wildman–Crippen LogP) is 10.6. The molecule has 0 heterocycles. The first-order valence-electron chi connectivity index (χ1n) is 18.9. The lowest BCUT2D eigenvalue weighted by atomic mass is 9.90. The molecule has 0 atom stereocenters. The largest absolute Gasteiger partial charge is 0.506 e. The molecule has 0 aliphatic carbocycles. The Morgan fingerprint density at radius 2 is 0.667 bits per heavy atom. The van der Waals surface area contributed by atoms with Gasteiger partial charge in [-0.1, -0.05) is 120 Å². The van der Waals surface area contributed by atoms with Crippen molar-refractivity contribution in [3.63, 3.8) is 0 Å². The van der Waals surface area contributed by atoms with E-state index in [-0.39, 0.29) is 22.9 Å². The Bertz CT molecular complexity index is 2920. The van der Waals surface area contributed by atoms with Crippen LogP contribution in [0.1, 0.15) is 44.5 Å². The van der Waals surface area contributed by atoms with Crippen LogP contribution >= 0.6 is 0 Å². The fraction of sp³-hybridized carbons (Fsp3) is 0. The number of phenols is 2. The maximum absolute atomic E-state index is 10.6. The lowest BCUT2D eigenvalue weighted by molar-refractivity contribution is 0.455. The average Bonchev–Trinajstić information content (AvgIpc) is 3.28. The second-order valence-electron chi connectivity index (χ2n) is 13.5. The number of aromatic hydroxyl groups is 2. The van der Waals surface area contributed by atoms with Gasteiger partial charge < -0.3 is 31.2 Å². The number of rotatable bonds is 4. The van der Waals surface area contributed by atoms with E-state index in [1.807, 2.05) is 133 Å². The molecule has 0 amide bonds. The van der Waals surface area contributed by atoms with Crippen LogP contribution in [-0.2, 0) is 0 Å². The van der Waals surface area contributed by atoms with Gasteiger partial charge in [0.2, 0.25) is 0 Å². The molecule has 6 nitrogen and oxygen atoms in total. The summed E-state index contributed by atoms with van der Waals surface area (Å²) < 4.78 is 13.3. The van der Waals surface area contributed by atoms with Gasteiger partial charge in [0.05, 0.1) is 22.5 Å². The lowest BCUT2D eigenvalue weighted by Gasteiger charge is -2.18. The summed E-state index contributed by atoms with van der Waals surface area (Å²) in [5.74, 6) is 28.1. The molecule has 8 rings (SSSR count). The topological polar surface area (TPSA) is 111 Å². The van der Waals surface area contributed by atoms with E-state index in [9.17, 15) is 10.2 Å². The average molecular weight is 775 g/mol. The molecule has 284 valence electrons. The van der Waals surface area contributed by atoms with E-state index in [0.717, 1.165) is 22.3 Å². The number of phenolic OH excluding ortho intramolecular Hbond substituents is 2. The van der Waals surface area contributed by atoms with Gasteiger partial charge in [-0.25, -0.2) is 0 Å². The molecule has 0 spiro atoms. The minimum absolute atomic E-state index is 0.127. The minimum Gasteiger partial charge on any atom is -0.506 e. The fourth-order valence-electron chi connectivity index (χ4n) is 6.25. The first kappa shape index (κ1) is 38.0. The van der Waals surface area contributed by atoms with E-state index in [4.69, 9.17) is 20.9 Å². The van der Waals surface area contributed by atoms with Crippen molar-refractivity contribution in [2.45, 2.75) is 0 Å². The first-order valence-corrected chi connectivity index (χ1v) is 18.9. The van der Waals surface area contributed by atoms with Crippen molar-refractivity contribution in [2.24, 2.45) is 0 Å². The Kier molecular flexibility index (Phi) is 11.0. The third-order valence-corrected chi connectivity index (χ3v) is 9.23. The van der Waals surface area contributed by atoms with Gasteiger partial charge in [-0.3, -0.25) is 0 Å². The molecule has 0 saturated heterocycles. The van der Waals surface area contributed by atoms with E-state index in [1.54, 1.807) is 24.3 Å². The molecular formula is C54H34N2O4. The third kappa shape index (κ3) is 8.86. The molecule has 0 unspecified atom stereocenters. The van der Waals surface area contributed by atoms with Crippen LogP contribution in [-0.4, -0.2) is 10.2 Å². The Balaban J connectivity index is 1.53. The van der Waals surface area contributed by atoms with Crippen LogP contribution in [0.5, 0.6) is 34.5 Å². The molecule has 0 radical (unpaired) electrons. The van der Waals surface area contributed by atoms with Gasteiger partial charge in [-0.05, 0) is 84.9 Å². The highest BCUT2D eigenvalue weighted by Gasteiger charge is 2.22.